The molecule has 20 heavy (non-hydrogen) atoms. The quantitative estimate of drug-likeness (QED) is 0.725. The average Bonchev–Trinajstić information content (AvgIpc) is 2.81. The van der Waals surface area contributed by atoms with Crippen molar-refractivity contribution in [2.45, 2.75) is 12.8 Å². The zero-order valence-corrected chi connectivity index (χ0v) is 11.5. The van der Waals surface area contributed by atoms with Crippen molar-refractivity contribution in [3.8, 4) is 0 Å². The summed E-state index contributed by atoms with van der Waals surface area (Å²) in [5, 5.41) is 9.51. The number of halogens is 1. The number of anilines is 2. The highest BCUT2D eigenvalue weighted by molar-refractivity contribution is 6.17. The van der Waals surface area contributed by atoms with E-state index in [2.05, 4.69) is 20.5 Å². The maximum atomic E-state index is 11.5. The Labute approximate surface area is 119 Å². The molecule has 0 amide bonds. The van der Waals surface area contributed by atoms with E-state index in [9.17, 15) is 4.79 Å². The topological polar surface area (TPSA) is 75.1 Å². The molecule has 1 aromatic carbocycles. The van der Waals surface area contributed by atoms with Gasteiger partial charge in [0.05, 0.1) is 0 Å². The van der Waals surface area contributed by atoms with Crippen molar-refractivity contribution in [3.63, 3.8) is 0 Å². The number of aryl methyl sites for hydroxylation is 1. The van der Waals surface area contributed by atoms with Gasteiger partial charge in [-0.05, 0) is 24.6 Å². The third-order valence-electron chi connectivity index (χ3n) is 2.95. The predicted molar refractivity (Wildman–Crippen MR) is 77.6 cm³/mol. The molecule has 0 saturated heterocycles. The number of alkyl halides is 1. The maximum Gasteiger partial charge on any atom is 0.349 e. The van der Waals surface area contributed by atoms with Crippen LogP contribution in [0.5, 0.6) is 0 Å². The highest BCUT2D eigenvalue weighted by Gasteiger charge is 2.07. The maximum absolute atomic E-state index is 11.5. The summed E-state index contributed by atoms with van der Waals surface area (Å²) >= 11 is 5.75. The zero-order chi connectivity index (χ0) is 14.1. The molecule has 6 nitrogen and oxygen atoms in total. The first-order valence-corrected chi connectivity index (χ1v) is 6.57. The third kappa shape index (κ3) is 2.25. The smallest absolute Gasteiger partial charge is 0.340 e. The van der Waals surface area contributed by atoms with Crippen molar-refractivity contribution in [1.29, 1.82) is 0 Å². The number of nitrogens with one attached hydrogen (secondary N) is 2. The molecule has 2 N–H and O–H groups in total. The molecule has 0 unspecified atom stereocenters. The van der Waals surface area contributed by atoms with Crippen molar-refractivity contribution in [3.05, 3.63) is 52.2 Å². The fraction of sp³-hybridized carbons (Fsp3) is 0.154. The van der Waals surface area contributed by atoms with Gasteiger partial charge in [-0.25, -0.2) is 19.3 Å². The molecule has 3 aromatic rings. The number of hydrogen-bond donors (Lipinski definition) is 2. The van der Waals surface area contributed by atoms with Gasteiger partial charge >= 0.3 is 5.69 Å². The van der Waals surface area contributed by atoms with E-state index in [-0.39, 0.29) is 5.69 Å². The van der Waals surface area contributed by atoms with Crippen LogP contribution in [0.1, 0.15) is 11.4 Å². The van der Waals surface area contributed by atoms with E-state index in [1.807, 2.05) is 24.3 Å². The summed E-state index contributed by atoms with van der Waals surface area (Å²) in [5.41, 5.74) is 2.19. The summed E-state index contributed by atoms with van der Waals surface area (Å²) in [4.78, 5) is 15.8. The van der Waals surface area contributed by atoms with Crippen LogP contribution in [0.15, 0.2) is 35.1 Å². The molecule has 0 atom stereocenters. The molecule has 0 bridgehead atoms. The van der Waals surface area contributed by atoms with E-state index in [4.69, 9.17) is 11.6 Å². The number of hydrogen-bond acceptors (Lipinski definition) is 4. The molecular weight excluding hydrogens is 278 g/mol. The van der Waals surface area contributed by atoms with Crippen molar-refractivity contribution in [2.75, 3.05) is 5.32 Å². The first-order chi connectivity index (χ1) is 9.67. The lowest BCUT2D eigenvalue weighted by molar-refractivity contribution is 0.938. The molecule has 102 valence electrons. The van der Waals surface area contributed by atoms with Crippen LogP contribution in [-0.2, 0) is 5.88 Å². The number of aromatic amines is 1. The highest BCUT2D eigenvalue weighted by Crippen LogP contribution is 2.17. The minimum atomic E-state index is -0.289. The van der Waals surface area contributed by atoms with Gasteiger partial charge in [0.15, 0.2) is 5.65 Å². The number of aromatic nitrogens is 4. The molecule has 2 heterocycles. The van der Waals surface area contributed by atoms with Crippen LogP contribution in [0.3, 0.4) is 0 Å². The highest BCUT2D eigenvalue weighted by atomic mass is 35.5. The summed E-state index contributed by atoms with van der Waals surface area (Å²) in [6.45, 7) is 1.76. The van der Waals surface area contributed by atoms with E-state index in [0.29, 0.717) is 23.2 Å². The van der Waals surface area contributed by atoms with Crippen LogP contribution < -0.4 is 11.0 Å². The number of nitrogens with zero attached hydrogens (tertiary/aromatic N) is 3. The second-order valence-corrected chi connectivity index (χ2v) is 4.63. The lowest BCUT2D eigenvalue weighted by Crippen LogP contribution is -2.13. The average molecular weight is 290 g/mol. The van der Waals surface area contributed by atoms with Crippen LogP contribution in [0.2, 0.25) is 0 Å². The Morgan fingerprint density at radius 3 is 2.80 bits per heavy atom. The second kappa shape index (κ2) is 4.97. The Morgan fingerprint density at radius 2 is 2.10 bits per heavy atom. The van der Waals surface area contributed by atoms with Gasteiger partial charge in [-0.1, -0.05) is 12.1 Å². The standard InChI is InChI=1S/C13H12ClN5O/c1-8-15-11(6-12-17-18-13(20)19(8)12)16-10-4-2-9(7-14)3-5-10/h2-6,16H,7H2,1H3,(H,18,20). The van der Waals surface area contributed by atoms with E-state index < -0.39 is 0 Å². The normalized spacial score (nSPS) is 10.9. The van der Waals surface area contributed by atoms with E-state index in [1.54, 1.807) is 13.0 Å². The fourth-order valence-corrected chi connectivity index (χ4v) is 2.16. The van der Waals surface area contributed by atoms with Gasteiger partial charge in [-0.3, -0.25) is 0 Å². The zero-order valence-electron chi connectivity index (χ0n) is 10.7. The number of benzene rings is 1. The molecule has 0 spiro atoms. The lowest BCUT2D eigenvalue weighted by Gasteiger charge is -2.07. The van der Waals surface area contributed by atoms with Crippen LogP contribution in [0, 0.1) is 6.92 Å². The van der Waals surface area contributed by atoms with E-state index in [1.165, 1.54) is 4.40 Å². The summed E-state index contributed by atoms with van der Waals surface area (Å²) in [5.74, 6) is 1.69. The Kier molecular flexibility index (Phi) is 3.15. The monoisotopic (exact) mass is 289 g/mol. The Bertz CT molecular complexity index is 806. The van der Waals surface area contributed by atoms with E-state index in [0.717, 1.165) is 11.3 Å². The third-order valence-corrected chi connectivity index (χ3v) is 3.26. The molecule has 2 aromatic heterocycles. The Hall–Kier alpha value is -2.34. The molecule has 0 radical (unpaired) electrons. The van der Waals surface area contributed by atoms with Gasteiger partial charge in [0.1, 0.15) is 11.6 Å². The van der Waals surface area contributed by atoms with Gasteiger partial charge in [-0.15, -0.1) is 11.6 Å². The van der Waals surface area contributed by atoms with Gasteiger partial charge in [0, 0.05) is 17.6 Å². The summed E-state index contributed by atoms with van der Waals surface area (Å²) < 4.78 is 1.42. The summed E-state index contributed by atoms with van der Waals surface area (Å²) in [6.07, 6.45) is 0. The number of rotatable bonds is 3. The molecule has 0 saturated carbocycles. The van der Waals surface area contributed by atoms with Crippen LogP contribution >= 0.6 is 11.6 Å². The Morgan fingerprint density at radius 1 is 1.35 bits per heavy atom. The fourth-order valence-electron chi connectivity index (χ4n) is 1.99. The van der Waals surface area contributed by atoms with Crippen LogP contribution in [0.25, 0.3) is 5.65 Å². The van der Waals surface area contributed by atoms with Gasteiger partial charge in [0.2, 0.25) is 0 Å². The number of H-pyrrole nitrogens is 1. The van der Waals surface area contributed by atoms with Gasteiger partial charge in [-0.2, -0.15) is 5.10 Å². The van der Waals surface area contributed by atoms with Gasteiger partial charge in [0.25, 0.3) is 0 Å². The largest absolute Gasteiger partial charge is 0.349 e. The van der Waals surface area contributed by atoms with Crippen LogP contribution in [0.4, 0.5) is 11.5 Å². The van der Waals surface area contributed by atoms with Crippen molar-refractivity contribution in [1.82, 2.24) is 19.6 Å². The first-order valence-electron chi connectivity index (χ1n) is 6.04. The predicted octanol–water partition coefficient (Wildman–Crippen LogP) is 2.21. The van der Waals surface area contributed by atoms with Crippen molar-refractivity contribution < 1.29 is 0 Å². The SMILES string of the molecule is Cc1nc(Nc2ccc(CCl)cc2)cc2n[nH]c(=O)n12. The molecule has 0 aliphatic rings. The lowest BCUT2D eigenvalue weighted by atomic mass is 10.2. The Balaban J connectivity index is 1.95. The molecule has 3 rings (SSSR count). The minimum absolute atomic E-state index is 0.289. The number of fused-ring (bicyclic) bond motifs is 1. The summed E-state index contributed by atoms with van der Waals surface area (Å²) in [6, 6.07) is 9.45. The molecule has 0 aliphatic heterocycles. The first kappa shape index (κ1) is 12.7. The second-order valence-electron chi connectivity index (χ2n) is 4.37. The minimum Gasteiger partial charge on any atom is -0.340 e. The molecular formula is C13H12ClN5O. The van der Waals surface area contributed by atoms with Crippen molar-refractivity contribution in [2.24, 2.45) is 0 Å². The molecule has 0 aliphatic carbocycles. The van der Waals surface area contributed by atoms with Crippen LogP contribution in [-0.4, -0.2) is 19.6 Å². The molecule has 0 fully saturated rings. The summed E-state index contributed by atoms with van der Waals surface area (Å²) in [7, 11) is 0. The van der Waals surface area contributed by atoms with E-state index >= 15 is 0 Å². The molecule has 7 heteroatoms. The van der Waals surface area contributed by atoms with Crippen molar-refractivity contribution >= 4 is 28.8 Å². The van der Waals surface area contributed by atoms with Gasteiger partial charge < -0.3 is 5.32 Å².